The third-order valence-electron chi connectivity index (χ3n) is 4.69. The Labute approximate surface area is 144 Å². The van der Waals surface area contributed by atoms with Gasteiger partial charge < -0.3 is 14.6 Å². The van der Waals surface area contributed by atoms with E-state index in [1.807, 2.05) is 13.0 Å². The van der Waals surface area contributed by atoms with Crippen LogP contribution in [0, 0.1) is 0 Å². The predicted molar refractivity (Wildman–Crippen MR) is 92.8 cm³/mol. The zero-order valence-corrected chi connectivity index (χ0v) is 15.2. The number of carbonyl (C=O) groups is 2. The van der Waals surface area contributed by atoms with Gasteiger partial charge in [-0.05, 0) is 25.6 Å². The van der Waals surface area contributed by atoms with E-state index < -0.39 is 0 Å². The van der Waals surface area contributed by atoms with Gasteiger partial charge in [-0.1, -0.05) is 20.8 Å². The van der Waals surface area contributed by atoms with Crippen molar-refractivity contribution in [3.05, 3.63) is 23.2 Å². The van der Waals surface area contributed by atoms with E-state index in [2.05, 4.69) is 24.1 Å². The van der Waals surface area contributed by atoms with E-state index in [4.69, 9.17) is 4.42 Å². The molecule has 2 rings (SSSR count). The van der Waals surface area contributed by atoms with E-state index in [1.54, 1.807) is 11.9 Å². The monoisotopic (exact) mass is 335 g/mol. The van der Waals surface area contributed by atoms with E-state index in [9.17, 15) is 9.59 Å². The first-order valence-electron chi connectivity index (χ1n) is 8.87. The van der Waals surface area contributed by atoms with Crippen LogP contribution < -0.4 is 5.32 Å². The van der Waals surface area contributed by atoms with Crippen LogP contribution in [-0.4, -0.2) is 54.3 Å². The van der Waals surface area contributed by atoms with E-state index in [-0.39, 0.29) is 17.9 Å². The first-order valence-corrected chi connectivity index (χ1v) is 8.87. The standard InChI is InChI=1S/C18H29N3O3/c1-5-15-13(11-21(6-2)7-3)10-16(24-15)18(23)19-14-8-9-17(22)20(4)12-14/h10,14H,5-9,11-12H2,1-4H3,(H,19,23). The number of likely N-dealkylation sites (N-methyl/N-ethyl adjacent to an activating group) is 1. The van der Waals surface area contributed by atoms with E-state index in [1.165, 1.54) is 0 Å². The van der Waals surface area contributed by atoms with Crippen LogP contribution in [0.4, 0.5) is 0 Å². The predicted octanol–water partition coefficient (Wildman–Crippen LogP) is 2.03. The molecule has 1 aliphatic rings. The third-order valence-corrected chi connectivity index (χ3v) is 4.69. The highest BCUT2D eigenvalue weighted by Crippen LogP contribution is 2.19. The van der Waals surface area contributed by atoms with Crippen LogP contribution in [0.3, 0.4) is 0 Å². The zero-order chi connectivity index (χ0) is 17.7. The number of aryl methyl sites for hydroxylation is 1. The molecule has 1 aromatic rings. The fraction of sp³-hybridized carbons (Fsp3) is 0.667. The highest BCUT2D eigenvalue weighted by Gasteiger charge is 2.26. The molecule has 24 heavy (non-hydrogen) atoms. The van der Waals surface area contributed by atoms with Crippen molar-refractivity contribution >= 4 is 11.8 Å². The maximum atomic E-state index is 12.5. The highest BCUT2D eigenvalue weighted by molar-refractivity contribution is 5.92. The molecule has 134 valence electrons. The zero-order valence-electron chi connectivity index (χ0n) is 15.2. The molecule has 1 atom stereocenters. The summed E-state index contributed by atoms with van der Waals surface area (Å²) in [6.45, 7) is 9.58. The third kappa shape index (κ3) is 4.38. The number of piperidine rings is 1. The number of amides is 2. The first-order chi connectivity index (χ1) is 11.5. The number of nitrogens with zero attached hydrogens (tertiary/aromatic N) is 2. The molecule has 1 aromatic heterocycles. The molecular weight excluding hydrogens is 306 g/mol. The SMILES string of the molecule is CCc1oc(C(=O)NC2CCC(=O)N(C)C2)cc1CN(CC)CC. The maximum Gasteiger partial charge on any atom is 0.287 e. The Morgan fingerprint density at radius 3 is 2.67 bits per heavy atom. The van der Waals surface area contributed by atoms with Crippen molar-refractivity contribution < 1.29 is 14.0 Å². The average Bonchev–Trinajstić information content (AvgIpc) is 2.99. The van der Waals surface area contributed by atoms with Crippen LogP contribution in [0.2, 0.25) is 0 Å². The molecule has 6 nitrogen and oxygen atoms in total. The molecule has 0 aliphatic carbocycles. The van der Waals surface area contributed by atoms with Gasteiger partial charge in [0, 0.05) is 44.6 Å². The van der Waals surface area contributed by atoms with Crippen molar-refractivity contribution in [1.29, 1.82) is 0 Å². The van der Waals surface area contributed by atoms with E-state index in [0.717, 1.165) is 37.4 Å². The van der Waals surface area contributed by atoms with Gasteiger partial charge in [0.2, 0.25) is 5.91 Å². The van der Waals surface area contributed by atoms with Crippen LogP contribution in [0.15, 0.2) is 10.5 Å². The molecule has 0 aromatic carbocycles. The van der Waals surface area contributed by atoms with Gasteiger partial charge in [0.15, 0.2) is 5.76 Å². The van der Waals surface area contributed by atoms with Crippen molar-refractivity contribution in [2.75, 3.05) is 26.7 Å². The van der Waals surface area contributed by atoms with Crippen LogP contribution in [0.5, 0.6) is 0 Å². The Morgan fingerprint density at radius 2 is 2.08 bits per heavy atom. The molecule has 0 bridgehead atoms. The summed E-state index contributed by atoms with van der Waals surface area (Å²) in [4.78, 5) is 28.0. The lowest BCUT2D eigenvalue weighted by molar-refractivity contribution is -0.132. The Hall–Kier alpha value is -1.82. The molecule has 1 unspecified atom stereocenters. The number of carbonyl (C=O) groups excluding carboxylic acids is 2. The number of furan rings is 1. The summed E-state index contributed by atoms with van der Waals surface area (Å²) < 4.78 is 5.79. The Kier molecular flexibility index (Phi) is 6.43. The van der Waals surface area contributed by atoms with Gasteiger partial charge in [-0.25, -0.2) is 0 Å². The van der Waals surface area contributed by atoms with Gasteiger partial charge in [0.1, 0.15) is 5.76 Å². The molecular formula is C18H29N3O3. The van der Waals surface area contributed by atoms with Gasteiger partial charge in [0.25, 0.3) is 5.91 Å². The second-order valence-corrected chi connectivity index (χ2v) is 6.36. The van der Waals surface area contributed by atoms with E-state index >= 15 is 0 Å². The Morgan fingerprint density at radius 1 is 1.38 bits per heavy atom. The van der Waals surface area contributed by atoms with Crippen LogP contribution >= 0.6 is 0 Å². The summed E-state index contributed by atoms with van der Waals surface area (Å²) in [5.41, 5.74) is 1.09. The normalized spacial score (nSPS) is 18.3. The van der Waals surface area contributed by atoms with Crippen LogP contribution in [0.25, 0.3) is 0 Å². The molecule has 0 saturated carbocycles. The van der Waals surface area contributed by atoms with Gasteiger partial charge in [-0.15, -0.1) is 0 Å². The minimum absolute atomic E-state index is 0.0124. The van der Waals surface area contributed by atoms with Gasteiger partial charge in [-0.3, -0.25) is 14.5 Å². The minimum atomic E-state index is -0.191. The lowest BCUT2D eigenvalue weighted by atomic mass is 10.1. The summed E-state index contributed by atoms with van der Waals surface area (Å²) in [6, 6.07) is 1.85. The molecule has 1 saturated heterocycles. The average molecular weight is 335 g/mol. The van der Waals surface area contributed by atoms with Gasteiger partial charge >= 0.3 is 0 Å². The fourth-order valence-electron chi connectivity index (χ4n) is 3.09. The Bertz CT molecular complexity index is 578. The first kappa shape index (κ1) is 18.5. The summed E-state index contributed by atoms with van der Waals surface area (Å²) in [5, 5.41) is 2.99. The highest BCUT2D eigenvalue weighted by atomic mass is 16.4. The fourth-order valence-corrected chi connectivity index (χ4v) is 3.09. The van der Waals surface area contributed by atoms with Crippen molar-refractivity contribution in [2.24, 2.45) is 0 Å². The largest absolute Gasteiger partial charge is 0.456 e. The van der Waals surface area contributed by atoms with Crippen molar-refractivity contribution in [3.8, 4) is 0 Å². The number of nitrogens with one attached hydrogen (secondary N) is 1. The molecule has 1 fully saturated rings. The number of hydrogen-bond acceptors (Lipinski definition) is 4. The molecule has 0 radical (unpaired) electrons. The Balaban J connectivity index is 2.04. The summed E-state index contributed by atoms with van der Waals surface area (Å²) in [5.74, 6) is 1.19. The topological polar surface area (TPSA) is 65.8 Å². The maximum absolute atomic E-state index is 12.5. The summed E-state index contributed by atoms with van der Waals surface area (Å²) >= 11 is 0. The van der Waals surface area contributed by atoms with E-state index in [0.29, 0.717) is 25.1 Å². The molecule has 6 heteroatoms. The number of likely N-dealkylation sites (tertiary alicyclic amines) is 1. The molecule has 2 heterocycles. The molecule has 0 spiro atoms. The van der Waals surface area contributed by atoms with Crippen molar-refractivity contribution in [1.82, 2.24) is 15.1 Å². The molecule has 1 N–H and O–H groups in total. The smallest absolute Gasteiger partial charge is 0.287 e. The number of hydrogen-bond donors (Lipinski definition) is 1. The lowest BCUT2D eigenvalue weighted by Crippen LogP contribution is -2.48. The quantitative estimate of drug-likeness (QED) is 0.828. The second kappa shape index (κ2) is 8.33. The van der Waals surface area contributed by atoms with Gasteiger partial charge in [0.05, 0.1) is 0 Å². The molecule has 2 amide bonds. The van der Waals surface area contributed by atoms with Crippen LogP contribution in [-0.2, 0) is 17.8 Å². The van der Waals surface area contributed by atoms with Crippen LogP contribution in [0.1, 0.15) is 55.5 Å². The summed E-state index contributed by atoms with van der Waals surface area (Å²) in [7, 11) is 1.77. The van der Waals surface area contributed by atoms with Crippen molar-refractivity contribution in [2.45, 2.75) is 52.6 Å². The van der Waals surface area contributed by atoms with Crippen molar-refractivity contribution in [3.63, 3.8) is 0 Å². The minimum Gasteiger partial charge on any atom is -0.456 e. The molecule has 1 aliphatic heterocycles. The number of rotatable bonds is 7. The second-order valence-electron chi connectivity index (χ2n) is 6.36. The lowest BCUT2D eigenvalue weighted by Gasteiger charge is -2.29. The summed E-state index contributed by atoms with van der Waals surface area (Å²) in [6.07, 6.45) is 1.93. The van der Waals surface area contributed by atoms with Gasteiger partial charge in [-0.2, -0.15) is 0 Å².